The summed E-state index contributed by atoms with van der Waals surface area (Å²) in [4.78, 5) is 12.7. The van der Waals surface area contributed by atoms with Gasteiger partial charge in [-0.05, 0) is 29.1 Å². The molecule has 90 valence electrons. The molecule has 0 fully saturated rings. The first-order chi connectivity index (χ1) is 8.88. The number of aromatic amines is 1. The Kier molecular flexibility index (Phi) is 2.92. The van der Waals surface area contributed by atoms with Crippen LogP contribution in [0.25, 0.3) is 22.0 Å². The predicted octanol–water partition coefficient (Wildman–Crippen LogP) is 2.69. The summed E-state index contributed by atoms with van der Waals surface area (Å²) >= 11 is 1.57. The van der Waals surface area contributed by atoms with E-state index in [1.54, 1.807) is 29.9 Å². The van der Waals surface area contributed by atoms with Gasteiger partial charge in [0.05, 0.1) is 23.4 Å². The molecule has 18 heavy (non-hydrogen) atoms. The maximum absolute atomic E-state index is 9.25. The van der Waals surface area contributed by atoms with Gasteiger partial charge in [-0.2, -0.15) is 0 Å². The van der Waals surface area contributed by atoms with E-state index in [-0.39, 0.29) is 6.61 Å². The van der Waals surface area contributed by atoms with Gasteiger partial charge in [-0.1, -0.05) is 0 Å². The maximum Gasteiger partial charge on any atom is 0.148 e. The fourth-order valence-electron chi connectivity index (χ4n) is 1.77. The van der Waals surface area contributed by atoms with Crippen molar-refractivity contribution in [1.82, 2.24) is 15.0 Å². The number of hydrogen-bond acceptors (Lipinski definition) is 4. The molecule has 0 bridgehead atoms. The van der Waals surface area contributed by atoms with Gasteiger partial charge < -0.3 is 10.1 Å². The number of thiophene rings is 1. The van der Waals surface area contributed by atoms with E-state index in [4.69, 9.17) is 0 Å². The number of imidazole rings is 1. The first-order valence-electron chi connectivity index (χ1n) is 5.51. The Balaban J connectivity index is 2.00. The highest BCUT2D eigenvalue weighted by Crippen LogP contribution is 2.29. The molecule has 0 spiro atoms. The monoisotopic (exact) mass is 257 g/mol. The van der Waals surface area contributed by atoms with Crippen molar-refractivity contribution in [3.8, 4) is 22.0 Å². The number of rotatable bonds is 3. The van der Waals surface area contributed by atoms with Crippen LogP contribution < -0.4 is 0 Å². The molecule has 3 aromatic heterocycles. The minimum atomic E-state index is 0.0295. The lowest BCUT2D eigenvalue weighted by Gasteiger charge is -1.97. The molecule has 3 aromatic rings. The first kappa shape index (κ1) is 11.1. The van der Waals surface area contributed by atoms with Gasteiger partial charge in [0.25, 0.3) is 0 Å². The van der Waals surface area contributed by atoms with Crippen LogP contribution in [0.2, 0.25) is 0 Å². The quantitative estimate of drug-likeness (QED) is 0.758. The number of aliphatic hydroxyl groups is 1. The van der Waals surface area contributed by atoms with Crippen LogP contribution in [-0.2, 0) is 6.61 Å². The second kappa shape index (κ2) is 4.72. The Morgan fingerprint density at radius 2 is 2.22 bits per heavy atom. The predicted molar refractivity (Wildman–Crippen MR) is 71.1 cm³/mol. The summed E-state index contributed by atoms with van der Waals surface area (Å²) in [5, 5.41) is 11.2. The number of H-pyrrole nitrogens is 1. The molecular weight excluding hydrogens is 246 g/mol. The van der Waals surface area contributed by atoms with Gasteiger partial charge in [-0.15, -0.1) is 11.3 Å². The second-order valence-corrected chi connectivity index (χ2v) is 4.74. The summed E-state index contributed by atoms with van der Waals surface area (Å²) in [5.74, 6) is 0.785. The molecular formula is C13H11N3OS. The van der Waals surface area contributed by atoms with Crippen LogP contribution in [0.5, 0.6) is 0 Å². The van der Waals surface area contributed by atoms with E-state index in [9.17, 15) is 5.11 Å². The van der Waals surface area contributed by atoms with Gasteiger partial charge in [0, 0.05) is 18.0 Å². The number of nitrogens with zero attached hydrogens (tertiary/aromatic N) is 2. The van der Waals surface area contributed by atoms with Gasteiger partial charge in [-0.25, -0.2) is 4.98 Å². The largest absolute Gasteiger partial charge is 0.392 e. The zero-order valence-corrected chi connectivity index (χ0v) is 10.3. The van der Waals surface area contributed by atoms with Gasteiger partial charge in [-0.3, -0.25) is 4.98 Å². The lowest BCUT2D eigenvalue weighted by molar-refractivity contribution is 0.283. The van der Waals surface area contributed by atoms with E-state index >= 15 is 0 Å². The average molecular weight is 257 g/mol. The minimum absolute atomic E-state index is 0.0295. The highest BCUT2D eigenvalue weighted by Gasteiger charge is 2.10. The third-order valence-electron chi connectivity index (χ3n) is 2.68. The first-order valence-corrected chi connectivity index (χ1v) is 6.39. The van der Waals surface area contributed by atoms with E-state index in [1.807, 2.05) is 23.6 Å². The Morgan fingerprint density at radius 3 is 3.00 bits per heavy atom. The molecule has 2 N–H and O–H groups in total. The molecule has 0 unspecified atom stereocenters. The van der Waals surface area contributed by atoms with Crippen molar-refractivity contribution in [3.05, 3.63) is 47.7 Å². The molecule has 0 aliphatic rings. The minimum Gasteiger partial charge on any atom is -0.392 e. The molecule has 0 saturated carbocycles. The van der Waals surface area contributed by atoms with E-state index in [0.29, 0.717) is 0 Å². The molecule has 0 atom stereocenters. The number of hydrogen-bond donors (Lipinski definition) is 2. The van der Waals surface area contributed by atoms with Gasteiger partial charge in [0.15, 0.2) is 0 Å². The second-order valence-electron chi connectivity index (χ2n) is 3.82. The zero-order chi connectivity index (χ0) is 12.4. The van der Waals surface area contributed by atoms with Crippen LogP contribution in [0.4, 0.5) is 0 Å². The van der Waals surface area contributed by atoms with E-state index < -0.39 is 0 Å². The van der Waals surface area contributed by atoms with Crippen LogP contribution in [0.1, 0.15) is 5.56 Å². The maximum atomic E-state index is 9.25. The summed E-state index contributed by atoms with van der Waals surface area (Å²) in [6.07, 6.45) is 5.32. The zero-order valence-electron chi connectivity index (χ0n) is 9.50. The molecule has 3 heterocycles. The van der Waals surface area contributed by atoms with Crippen molar-refractivity contribution in [2.45, 2.75) is 6.61 Å². The molecule has 0 aliphatic carbocycles. The lowest BCUT2D eigenvalue weighted by Crippen LogP contribution is -1.85. The molecule has 3 rings (SSSR count). The van der Waals surface area contributed by atoms with Crippen LogP contribution in [0.3, 0.4) is 0 Å². The summed E-state index contributed by atoms with van der Waals surface area (Å²) < 4.78 is 0. The third-order valence-corrected chi connectivity index (χ3v) is 3.64. The van der Waals surface area contributed by atoms with Crippen LogP contribution in [0, 0.1) is 0 Å². The van der Waals surface area contributed by atoms with Crippen LogP contribution in [-0.4, -0.2) is 20.1 Å². The van der Waals surface area contributed by atoms with Crippen molar-refractivity contribution in [2.24, 2.45) is 0 Å². The number of aromatic nitrogens is 3. The topological polar surface area (TPSA) is 61.8 Å². The standard InChI is InChI=1S/C13H11N3OS/c17-8-10-3-5-18-12(10)13-15-7-11(16-13)9-2-1-4-14-6-9/h1-7,17H,8H2,(H,15,16). The Labute approximate surface area is 108 Å². The van der Waals surface area contributed by atoms with Crippen LogP contribution in [0.15, 0.2) is 42.2 Å². The lowest BCUT2D eigenvalue weighted by atomic mass is 10.2. The highest BCUT2D eigenvalue weighted by molar-refractivity contribution is 7.13. The normalized spacial score (nSPS) is 10.7. The Morgan fingerprint density at radius 1 is 1.28 bits per heavy atom. The van der Waals surface area contributed by atoms with E-state index in [1.165, 1.54) is 0 Å². The number of nitrogens with one attached hydrogen (secondary N) is 1. The van der Waals surface area contributed by atoms with Crippen molar-refractivity contribution >= 4 is 11.3 Å². The Bertz CT molecular complexity index is 645. The molecule has 0 amide bonds. The fourth-order valence-corrected chi connectivity index (χ4v) is 2.64. The molecule has 0 radical (unpaired) electrons. The van der Waals surface area contributed by atoms with Crippen molar-refractivity contribution < 1.29 is 5.11 Å². The van der Waals surface area contributed by atoms with Crippen molar-refractivity contribution in [1.29, 1.82) is 0 Å². The number of aliphatic hydroxyl groups excluding tert-OH is 1. The summed E-state index contributed by atoms with van der Waals surface area (Å²) in [7, 11) is 0. The summed E-state index contributed by atoms with van der Waals surface area (Å²) in [5.41, 5.74) is 2.82. The third kappa shape index (κ3) is 1.94. The van der Waals surface area contributed by atoms with E-state index in [0.717, 1.165) is 27.5 Å². The number of pyridine rings is 1. The van der Waals surface area contributed by atoms with Crippen molar-refractivity contribution in [3.63, 3.8) is 0 Å². The molecule has 0 aliphatic heterocycles. The van der Waals surface area contributed by atoms with Gasteiger partial charge in [0.1, 0.15) is 5.82 Å². The fraction of sp³-hybridized carbons (Fsp3) is 0.0769. The van der Waals surface area contributed by atoms with Crippen molar-refractivity contribution in [2.75, 3.05) is 0 Å². The Hall–Kier alpha value is -1.98. The smallest absolute Gasteiger partial charge is 0.148 e. The molecule has 0 saturated heterocycles. The summed E-state index contributed by atoms with van der Waals surface area (Å²) in [6.45, 7) is 0.0295. The SMILES string of the molecule is OCc1ccsc1-c1ncc(-c2cccnc2)[nH]1. The molecule has 5 heteroatoms. The average Bonchev–Trinajstić information content (AvgIpc) is 3.08. The summed E-state index contributed by atoms with van der Waals surface area (Å²) in [6, 6.07) is 5.78. The van der Waals surface area contributed by atoms with Gasteiger partial charge in [0.2, 0.25) is 0 Å². The highest BCUT2D eigenvalue weighted by atomic mass is 32.1. The van der Waals surface area contributed by atoms with E-state index in [2.05, 4.69) is 15.0 Å². The molecule has 0 aromatic carbocycles. The molecule has 4 nitrogen and oxygen atoms in total. The van der Waals surface area contributed by atoms with Gasteiger partial charge >= 0.3 is 0 Å². The van der Waals surface area contributed by atoms with Crippen LogP contribution >= 0.6 is 11.3 Å².